The largest absolute Gasteiger partial charge is 0.465 e. The molecule has 0 aliphatic carbocycles. The summed E-state index contributed by atoms with van der Waals surface area (Å²) in [5.41, 5.74) is 0.00989. The molecule has 0 aliphatic rings. The van der Waals surface area contributed by atoms with E-state index in [1.54, 1.807) is 6.92 Å². The van der Waals surface area contributed by atoms with Crippen molar-refractivity contribution in [2.45, 2.75) is 12.1 Å². The second-order valence-corrected chi connectivity index (χ2v) is 6.42. The van der Waals surface area contributed by atoms with Crippen LogP contribution in [0.2, 0.25) is 0 Å². The minimum atomic E-state index is -0.679. The quantitative estimate of drug-likeness (QED) is 0.248. The zero-order valence-electron chi connectivity index (χ0n) is 15.5. The standard InChI is InChI=1S/C16H19N5O6S/c1-8-6-9(14(24)27-3)11-12(18-8)20-16(21-13(11)23)28-7-10(22)19-15(25)17-4-5-26-2/h6H,4-5,7H2,1-3H3,(H2,17,19,22,25)(H,18,20,21,23). The van der Waals surface area contributed by atoms with Crippen LogP contribution in [0.5, 0.6) is 0 Å². The molecule has 3 N–H and O–H groups in total. The number of amides is 3. The van der Waals surface area contributed by atoms with E-state index in [1.165, 1.54) is 20.3 Å². The average molecular weight is 409 g/mol. The van der Waals surface area contributed by atoms with Crippen molar-refractivity contribution in [3.63, 3.8) is 0 Å². The van der Waals surface area contributed by atoms with Crippen LogP contribution in [0.15, 0.2) is 16.0 Å². The van der Waals surface area contributed by atoms with Gasteiger partial charge in [-0.05, 0) is 13.0 Å². The zero-order valence-corrected chi connectivity index (χ0v) is 16.3. The van der Waals surface area contributed by atoms with E-state index in [2.05, 4.69) is 30.3 Å². The highest BCUT2D eigenvalue weighted by Crippen LogP contribution is 2.17. The van der Waals surface area contributed by atoms with Crippen LogP contribution in [-0.4, -0.2) is 66.0 Å². The Morgan fingerprint density at radius 1 is 1.25 bits per heavy atom. The van der Waals surface area contributed by atoms with Crippen molar-refractivity contribution < 1.29 is 23.9 Å². The average Bonchev–Trinajstić information content (AvgIpc) is 2.64. The molecule has 2 heterocycles. The zero-order chi connectivity index (χ0) is 20.7. The Bertz CT molecular complexity index is 960. The first-order chi connectivity index (χ1) is 13.3. The molecule has 3 amide bonds. The number of carbonyl (C=O) groups is 3. The number of pyridine rings is 1. The summed E-state index contributed by atoms with van der Waals surface area (Å²) in [6.45, 7) is 2.23. The number of ether oxygens (including phenoxy) is 2. The molecule has 2 aromatic heterocycles. The lowest BCUT2D eigenvalue weighted by atomic mass is 10.1. The van der Waals surface area contributed by atoms with E-state index in [1.807, 2.05) is 0 Å². The minimum Gasteiger partial charge on any atom is -0.465 e. The Labute approximate surface area is 163 Å². The van der Waals surface area contributed by atoms with E-state index in [4.69, 9.17) is 4.74 Å². The molecule has 150 valence electrons. The molecule has 0 fully saturated rings. The number of rotatable bonds is 7. The van der Waals surface area contributed by atoms with Crippen molar-refractivity contribution in [3.8, 4) is 0 Å². The van der Waals surface area contributed by atoms with Gasteiger partial charge < -0.3 is 19.8 Å². The summed E-state index contributed by atoms with van der Waals surface area (Å²) in [6, 6.07) is 0.788. The fraction of sp³-hybridized carbons (Fsp3) is 0.375. The molecular weight excluding hydrogens is 390 g/mol. The molecule has 0 spiro atoms. The van der Waals surface area contributed by atoms with Crippen molar-refractivity contribution in [1.29, 1.82) is 0 Å². The molecule has 0 bridgehead atoms. The maximum Gasteiger partial charge on any atom is 0.338 e. The van der Waals surface area contributed by atoms with E-state index in [0.29, 0.717) is 12.3 Å². The molecule has 0 radical (unpaired) electrons. The Hall–Kier alpha value is -2.99. The van der Waals surface area contributed by atoms with Crippen LogP contribution in [0.4, 0.5) is 4.79 Å². The van der Waals surface area contributed by atoms with Gasteiger partial charge in [-0.2, -0.15) is 0 Å². The van der Waals surface area contributed by atoms with Crippen molar-refractivity contribution >= 4 is 40.7 Å². The van der Waals surface area contributed by atoms with Crippen LogP contribution in [0.1, 0.15) is 16.1 Å². The Balaban J connectivity index is 2.12. The van der Waals surface area contributed by atoms with Gasteiger partial charge in [0.05, 0.1) is 30.4 Å². The third-order valence-electron chi connectivity index (χ3n) is 3.37. The maximum absolute atomic E-state index is 12.4. The molecule has 2 aromatic rings. The third kappa shape index (κ3) is 5.50. The van der Waals surface area contributed by atoms with Gasteiger partial charge in [0.1, 0.15) is 0 Å². The Morgan fingerprint density at radius 2 is 2.00 bits per heavy atom. The third-order valence-corrected chi connectivity index (χ3v) is 4.25. The number of hydrogen-bond acceptors (Lipinski definition) is 9. The predicted molar refractivity (Wildman–Crippen MR) is 100 cm³/mol. The number of aromatic amines is 1. The van der Waals surface area contributed by atoms with Crippen molar-refractivity contribution in [1.82, 2.24) is 25.6 Å². The van der Waals surface area contributed by atoms with Crippen LogP contribution in [0.3, 0.4) is 0 Å². The summed E-state index contributed by atoms with van der Waals surface area (Å²) in [5.74, 6) is -1.42. The van der Waals surface area contributed by atoms with Crippen LogP contribution in [-0.2, 0) is 14.3 Å². The molecule has 0 saturated carbocycles. The van der Waals surface area contributed by atoms with Gasteiger partial charge in [-0.15, -0.1) is 0 Å². The summed E-state index contributed by atoms with van der Waals surface area (Å²) in [6.07, 6.45) is 0. The van der Waals surface area contributed by atoms with E-state index in [9.17, 15) is 19.2 Å². The number of imide groups is 1. The first kappa shape index (κ1) is 21.3. The van der Waals surface area contributed by atoms with E-state index >= 15 is 0 Å². The molecule has 0 saturated heterocycles. The monoisotopic (exact) mass is 409 g/mol. The minimum absolute atomic E-state index is 0.00349. The Morgan fingerprint density at radius 3 is 2.68 bits per heavy atom. The first-order valence-electron chi connectivity index (χ1n) is 8.05. The highest BCUT2D eigenvalue weighted by molar-refractivity contribution is 7.99. The molecule has 28 heavy (non-hydrogen) atoms. The van der Waals surface area contributed by atoms with E-state index in [-0.39, 0.29) is 34.1 Å². The number of aryl methyl sites for hydroxylation is 1. The van der Waals surface area contributed by atoms with Gasteiger partial charge in [0.25, 0.3) is 5.56 Å². The molecule has 0 aliphatic heterocycles. The number of urea groups is 1. The molecule has 0 unspecified atom stereocenters. The van der Waals surface area contributed by atoms with Gasteiger partial charge in [-0.3, -0.25) is 14.9 Å². The van der Waals surface area contributed by atoms with Gasteiger partial charge in [-0.25, -0.2) is 19.6 Å². The number of H-pyrrole nitrogens is 1. The summed E-state index contributed by atoms with van der Waals surface area (Å²) >= 11 is 0.914. The molecular formula is C16H19N5O6S. The number of fused-ring (bicyclic) bond motifs is 1. The lowest BCUT2D eigenvalue weighted by Gasteiger charge is -2.07. The highest BCUT2D eigenvalue weighted by atomic mass is 32.2. The maximum atomic E-state index is 12.4. The topological polar surface area (TPSA) is 152 Å². The number of aromatic nitrogens is 3. The number of nitrogens with zero attached hydrogens (tertiary/aromatic N) is 2. The molecule has 2 rings (SSSR count). The van der Waals surface area contributed by atoms with Gasteiger partial charge in [0.2, 0.25) is 5.91 Å². The number of thioether (sulfide) groups is 1. The van der Waals surface area contributed by atoms with E-state index in [0.717, 1.165) is 11.8 Å². The van der Waals surface area contributed by atoms with E-state index < -0.39 is 23.5 Å². The van der Waals surface area contributed by atoms with Gasteiger partial charge in [0.15, 0.2) is 10.8 Å². The van der Waals surface area contributed by atoms with Crippen molar-refractivity contribution in [2.75, 3.05) is 33.1 Å². The van der Waals surface area contributed by atoms with Crippen molar-refractivity contribution in [2.24, 2.45) is 0 Å². The number of carbonyl (C=O) groups excluding carboxylic acids is 3. The summed E-state index contributed by atoms with van der Waals surface area (Å²) < 4.78 is 9.46. The number of methoxy groups -OCH3 is 2. The van der Waals surface area contributed by atoms with Crippen LogP contribution in [0.25, 0.3) is 11.0 Å². The SMILES string of the molecule is COCCNC(=O)NC(=O)CSc1nc2nc(C)cc(C(=O)OC)c2c(=O)[nH]1. The Kier molecular flexibility index (Phi) is 7.46. The predicted octanol–water partition coefficient (Wildman–Crippen LogP) is -0.0226. The van der Waals surface area contributed by atoms with Crippen LogP contribution < -0.4 is 16.2 Å². The lowest BCUT2D eigenvalue weighted by Crippen LogP contribution is -2.41. The fourth-order valence-electron chi connectivity index (χ4n) is 2.19. The fourth-order valence-corrected chi connectivity index (χ4v) is 2.85. The van der Waals surface area contributed by atoms with Crippen LogP contribution >= 0.6 is 11.8 Å². The molecule has 11 nitrogen and oxygen atoms in total. The van der Waals surface area contributed by atoms with Crippen molar-refractivity contribution in [3.05, 3.63) is 27.7 Å². The number of hydrogen-bond donors (Lipinski definition) is 3. The highest BCUT2D eigenvalue weighted by Gasteiger charge is 2.18. The lowest BCUT2D eigenvalue weighted by molar-refractivity contribution is -0.117. The smallest absolute Gasteiger partial charge is 0.338 e. The molecule has 0 aromatic carbocycles. The molecule has 12 heteroatoms. The van der Waals surface area contributed by atoms with Gasteiger partial charge in [-0.1, -0.05) is 11.8 Å². The van der Waals surface area contributed by atoms with Gasteiger partial charge in [0, 0.05) is 19.3 Å². The normalized spacial score (nSPS) is 10.5. The number of esters is 1. The number of nitrogens with one attached hydrogen (secondary N) is 3. The summed E-state index contributed by atoms with van der Waals surface area (Å²) in [7, 11) is 2.70. The van der Waals surface area contributed by atoms with Crippen LogP contribution in [0, 0.1) is 6.92 Å². The second-order valence-electron chi connectivity index (χ2n) is 5.46. The first-order valence-corrected chi connectivity index (χ1v) is 9.03. The second kappa shape index (κ2) is 9.80. The van der Waals surface area contributed by atoms with Gasteiger partial charge >= 0.3 is 12.0 Å². The molecule has 0 atom stereocenters. The summed E-state index contributed by atoms with van der Waals surface area (Å²) in [4.78, 5) is 58.4. The summed E-state index contributed by atoms with van der Waals surface area (Å²) in [5, 5.41) is 4.71.